The highest BCUT2D eigenvalue weighted by atomic mass is 15.2. The highest BCUT2D eigenvalue weighted by Gasteiger charge is 2.47. The van der Waals surface area contributed by atoms with Gasteiger partial charge in [-0.05, 0) is 74.0 Å². The minimum absolute atomic E-state index is 0.817. The Bertz CT molecular complexity index is 641. The monoisotopic (exact) mass is 309 g/mol. The summed E-state index contributed by atoms with van der Waals surface area (Å²) < 4.78 is 0. The number of hydrogen-bond acceptors (Lipinski definition) is 1. The molecule has 1 heteroatoms. The molecule has 5 atom stereocenters. The van der Waals surface area contributed by atoms with Gasteiger partial charge in [-0.3, -0.25) is 4.90 Å². The van der Waals surface area contributed by atoms with Gasteiger partial charge in [0, 0.05) is 19.1 Å². The van der Waals surface area contributed by atoms with E-state index < -0.39 is 0 Å². The van der Waals surface area contributed by atoms with Gasteiger partial charge in [-0.2, -0.15) is 0 Å². The zero-order chi connectivity index (χ0) is 16.1. The van der Waals surface area contributed by atoms with Crippen molar-refractivity contribution in [2.75, 3.05) is 13.1 Å². The predicted molar refractivity (Wildman–Crippen MR) is 98.5 cm³/mol. The van der Waals surface area contributed by atoms with E-state index in [-0.39, 0.29) is 0 Å². The number of nitrogens with zero attached hydrogens (tertiary/aromatic N) is 1. The molecule has 0 spiro atoms. The lowest BCUT2D eigenvalue weighted by Gasteiger charge is -2.53. The molecule has 1 aliphatic carbocycles. The van der Waals surface area contributed by atoms with Crippen molar-refractivity contribution < 1.29 is 0 Å². The van der Waals surface area contributed by atoms with Gasteiger partial charge >= 0.3 is 0 Å². The van der Waals surface area contributed by atoms with Crippen molar-refractivity contribution in [1.82, 2.24) is 4.90 Å². The topological polar surface area (TPSA) is 3.24 Å². The number of hydrogen-bond donors (Lipinski definition) is 0. The van der Waals surface area contributed by atoms with Crippen molar-refractivity contribution in [3.8, 4) is 0 Å². The lowest BCUT2D eigenvalue weighted by Crippen LogP contribution is -2.56. The smallest absolute Gasteiger partial charge is 0.0187 e. The van der Waals surface area contributed by atoms with E-state index in [2.05, 4.69) is 50.8 Å². The maximum atomic E-state index is 2.85. The van der Waals surface area contributed by atoms with Crippen molar-refractivity contribution in [3.63, 3.8) is 0 Å². The first-order valence-electron chi connectivity index (χ1n) is 9.62. The van der Waals surface area contributed by atoms with E-state index in [1.54, 1.807) is 16.7 Å². The van der Waals surface area contributed by atoms with Crippen LogP contribution in [0.15, 0.2) is 23.8 Å². The van der Waals surface area contributed by atoms with Crippen molar-refractivity contribution in [2.24, 2.45) is 17.8 Å². The van der Waals surface area contributed by atoms with Gasteiger partial charge < -0.3 is 0 Å². The minimum Gasteiger partial charge on any atom is -0.299 e. The third kappa shape index (κ3) is 2.48. The zero-order valence-corrected chi connectivity index (χ0v) is 15.2. The SMILES string of the molecule is CCC1=C(c2cc(C)ccc2C)CCN2CC3CC(C)C2C1C3. The first kappa shape index (κ1) is 15.4. The molecule has 1 aromatic rings. The van der Waals surface area contributed by atoms with Gasteiger partial charge in [0.15, 0.2) is 0 Å². The Morgan fingerprint density at radius 2 is 2.00 bits per heavy atom. The third-order valence-corrected chi connectivity index (χ3v) is 6.79. The minimum atomic E-state index is 0.817. The summed E-state index contributed by atoms with van der Waals surface area (Å²) >= 11 is 0. The predicted octanol–water partition coefficient (Wildman–Crippen LogP) is 5.22. The molecule has 23 heavy (non-hydrogen) atoms. The molecule has 2 saturated heterocycles. The maximum absolute atomic E-state index is 2.85. The Kier molecular flexibility index (Phi) is 3.88. The molecule has 5 unspecified atom stereocenters. The number of rotatable bonds is 2. The van der Waals surface area contributed by atoms with Crippen LogP contribution >= 0.6 is 0 Å². The summed E-state index contributed by atoms with van der Waals surface area (Å²) in [5.74, 6) is 2.64. The summed E-state index contributed by atoms with van der Waals surface area (Å²) in [4.78, 5) is 2.85. The van der Waals surface area contributed by atoms with E-state index in [0.717, 1.165) is 23.8 Å². The van der Waals surface area contributed by atoms with E-state index in [1.807, 2.05) is 0 Å². The highest BCUT2D eigenvalue weighted by molar-refractivity contribution is 5.72. The molecular weight excluding hydrogens is 278 g/mol. The fourth-order valence-corrected chi connectivity index (χ4v) is 5.95. The second-order valence-corrected chi connectivity index (χ2v) is 8.33. The Morgan fingerprint density at radius 3 is 2.74 bits per heavy atom. The van der Waals surface area contributed by atoms with Gasteiger partial charge in [-0.25, -0.2) is 0 Å². The maximum Gasteiger partial charge on any atom is 0.0187 e. The van der Waals surface area contributed by atoms with E-state index in [4.69, 9.17) is 0 Å². The van der Waals surface area contributed by atoms with E-state index in [1.165, 1.54) is 49.9 Å². The molecule has 3 heterocycles. The Hall–Kier alpha value is -1.08. The van der Waals surface area contributed by atoms with Crippen molar-refractivity contribution >= 4 is 5.57 Å². The molecule has 0 aromatic heterocycles. The Labute approximate surface area is 141 Å². The number of piperidine rings is 2. The quantitative estimate of drug-likeness (QED) is 0.724. The molecule has 3 fully saturated rings. The largest absolute Gasteiger partial charge is 0.299 e. The summed E-state index contributed by atoms with van der Waals surface area (Å²) in [6.45, 7) is 12.1. The number of aryl methyl sites for hydroxylation is 2. The summed E-state index contributed by atoms with van der Waals surface area (Å²) in [6.07, 6.45) is 5.40. The molecule has 1 nitrogen and oxygen atoms in total. The number of fused-ring (bicyclic) bond motifs is 1. The second-order valence-electron chi connectivity index (χ2n) is 8.33. The van der Waals surface area contributed by atoms with Crippen LogP contribution in [0.3, 0.4) is 0 Å². The second kappa shape index (κ2) is 5.77. The van der Waals surface area contributed by atoms with Crippen LogP contribution < -0.4 is 0 Å². The van der Waals surface area contributed by atoms with Crippen molar-refractivity contribution in [3.05, 3.63) is 40.5 Å². The standard InChI is InChI=1S/C22H31N/c1-5-18-19(20-10-14(2)6-7-15(20)3)8-9-23-13-17-11-16(4)22(23)21(18)12-17/h6-7,10,16-17,21-22H,5,8-9,11-13H2,1-4H3. The first-order valence-corrected chi connectivity index (χ1v) is 9.62. The summed E-state index contributed by atoms with van der Waals surface area (Å²) in [5.41, 5.74) is 7.89. The van der Waals surface area contributed by atoms with Gasteiger partial charge in [0.25, 0.3) is 0 Å². The van der Waals surface area contributed by atoms with Gasteiger partial charge in [0.2, 0.25) is 0 Å². The normalized spacial score (nSPS) is 36.3. The fourth-order valence-electron chi connectivity index (χ4n) is 5.95. The molecule has 4 bridgehead atoms. The molecule has 0 amide bonds. The molecule has 4 aliphatic rings. The Balaban J connectivity index is 1.83. The molecule has 124 valence electrons. The van der Waals surface area contributed by atoms with Gasteiger partial charge in [0.1, 0.15) is 0 Å². The van der Waals surface area contributed by atoms with E-state index in [0.29, 0.717) is 0 Å². The highest BCUT2D eigenvalue weighted by Crippen LogP contribution is 2.50. The van der Waals surface area contributed by atoms with Gasteiger partial charge in [-0.15, -0.1) is 0 Å². The van der Waals surface area contributed by atoms with Crippen molar-refractivity contribution in [2.45, 2.75) is 59.4 Å². The van der Waals surface area contributed by atoms with E-state index in [9.17, 15) is 0 Å². The third-order valence-electron chi connectivity index (χ3n) is 6.79. The molecule has 0 N–H and O–H groups in total. The van der Waals surface area contributed by atoms with Crippen LogP contribution in [0.5, 0.6) is 0 Å². The van der Waals surface area contributed by atoms with Gasteiger partial charge in [-0.1, -0.05) is 43.2 Å². The lowest BCUT2D eigenvalue weighted by atomic mass is 9.64. The summed E-state index contributed by atoms with van der Waals surface area (Å²) in [7, 11) is 0. The molecule has 1 saturated carbocycles. The average Bonchev–Trinajstić information content (AvgIpc) is 2.64. The zero-order valence-electron chi connectivity index (χ0n) is 15.2. The summed E-state index contributed by atoms with van der Waals surface area (Å²) in [5, 5.41) is 0. The van der Waals surface area contributed by atoms with Crippen LogP contribution in [0, 0.1) is 31.6 Å². The van der Waals surface area contributed by atoms with Crippen LogP contribution in [0.4, 0.5) is 0 Å². The van der Waals surface area contributed by atoms with Crippen molar-refractivity contribution in [1.29, 1.82) is 0 Å². The first-order chi connectivity index (χ1) is 11.1. The van der Waals surface area contributed by atoms with Crippen LogP contribution in [0.1, 0.15) is 56.2 Å². The molecular formula is C22H31N. The van der Waals surface area contributed by atoms with Crippen LogP contribution in [-0.2, 0) is 0 Å². The molecule has 0 radical (unpaired) electrons. The number of benzene rings is 1. The van der Waals surface area contributed by atoms with E-state index >= 15 is 0 Å². The summed E-state index contributed by atoms with van der Waals surface area (Å²) in [6, 6.07) is 7.83. The fraction of sp³-hybridized carbons (Fsp3) is 0.636. The molecule has 1 aromatic carbocycles. The lowest BCUT2D eigenvalue weighted by molar-refractivity contribution is -0.0195. The van der Waals surface area contributed by atoms with Crippen LogP contribution in [0.25, 0.3) is 5.57 Å². The Morgan fingerprint density at radius 1 is 1.17 bits per heavy atom. The van der Waals surface area contributed by atoms with Crippen LogP contribution in [-0.4, -0.2) is 24.0 Å². The average molecular weight is 309 g/mol. The van der Waals surface area contributed by atoms with Gasteiger partial charge in [0.05, 0.1) is 0 Å². The molecule has 5 rings (SSSR count). The van der Waals surface area contributed by atoms with Crippen LogP contribution in [0.2, 0.25) is 0 Å². The molecule has 3 aliphatic heterocycles.